The van der Waals surface area contributed by atoms with Gasteiger partial charge in [0.1, 0.15) is 17.1 Å². The van der Waals surface area contributed by atoms with E-state index in [0.29, 0.717) is 46.6 Å². The molecule has 0 atom stereocenters. The third-order valence-corrected chi connectivity index (χ3v) is 6.43. The first-order valence-electron chi connectivity index (χ1n) is 13.4. The van der Waals surface area contributed by atoms with Crippen LogP contribution in [-0.2, 0) is 26.0 Å². The van der Waals surface area contributed by atoms with Crippen molar-refractivity contribution in [3.8, 4) is 5.75 Å². The molecule has 0 aliphatic rings. The predicted molar refractivity (Wildman–Crippen MR) is 156 cm³/mol. The fraction of sp³-hybridized carbons (Fsp3) is 0.414. The van der Waals surface area contributed by atoms with Gasteiger partial charge in [-0.1, -0.05) is 26.7 Å². The molecule has 224 valence electrons. The van der Waals surface area contributed by atoms with Crippen LogP contribution in [0.2, 0.25) is 0 Å². The number of anilines is 1. The number of ketones is 1. The minimum atomic E-state index is -3.44. The number of nitrogens with one attached hydrogen (secondary N) is 2. The highest BCUT2D eigenvalue weighted by Crippen LogP contribution is 2.32. The van der Waals surface area contributed by atoms with Crippen molar-refractivity contribution < 1.29 is 42.2 Å². The Morgan fingerprint density at radius 2 is 1.54 bits per heavy atom. The molecule has 4 N–H and O–H groups in total. The molecule has 0 radical (unpaired) electrons. The van der Waals surface area contributed by atoms with Crippen LogP contribution in [0.25, 0.3) is 11.0 Å². The molecular formula is C29H38N2O9S. The fourth-order valence-electron chi connectivity index (χ4n) is 3.85. The summed E-state index contributed by atoms with van der Waals surface area (Å²) in [5.74, 6) is -2.46. The van der Waals surface area contributed by atoms with Crippen molar-refractivity contribution in [1.82, 2.24) is 5.32 Å². The molecule has 0 saturated carbocycles. The molecule has 1 heterocycles. The van der Waals surface area contributed by atoms with Crippen LogP contribution in [0.15, 0.2) is 46.9 Å². The molecule has 0 fully saturated rings. The lowest BCUT2D eigenvalue weighted by Crippen LogP contribution is -2.18. The van der Waals surface area contributed by atoms with E-state index < -0.39 is 22.0 Å². The maximum Gasteiger partial charge on any atom is 0.414 e. The van der Waals surface area contributed by atoms with Crippen LogP contribution in [0.5, 0.6) is 5.75 Å². The van der Waals surface area contributed by atoms with E-state index in [0.717, 1.165) is 44.4 Å². The summed E-state index contributed by atoms with van der Waals surface area (Å²) in [6.45, 7) is 6.81. The van der Waals surface area contributed by atoms with Gasteiger partial charge in [0.25, 0.3) is 0 Å². The molecular weight excluding hydrogens is 552 g/mol. The van der Waals surface area contributed by atoms with E-state index >= 15 is 0 Å². The molecule has 0 spiro atoms. The smallest absolute Gasteiger partial charge is 0.414 e. The van der Waals surface area contributed by atoms with Gasteiger partial charge in [0.15, 0.2) is 5.78 Å². The number of carbonyl (C=O) groups excluding carboxylic acids is 1. The molecule has 0 bridgehead atoms. The normalized spacial score (nSPS) is 11.0. The van der Waals surface area contributed by atoms with E-state index in [1.54, 1.807) is 30.3 Å². The van der Waals surface area contributed by atoms with E-state index in [1.165, 1.54) is 12.8 Å². The van der Waals surface area contributed by atoms with Gasteiger partial charge in [0.05, 0.1) is 18.4 Å². The van der Waals surface area contributed by atoms with Crippen LogP contribution in [0.3, 0.4) is 0 Å². The van der Waals surface area contributed by atoms with Gasteiger partial charge >= 0.3 is 11.9 Å². The fourth-order valence-corrected chi connectivity index (χ4v) is 4.40. The molecule has 3 aromatic rings. The third kappa shape index (κ3) is 11.2. The Morgan fingerprint density at radius 1 is 0.902 bits per heavy atom. The second-order valence-corrected chi connectivity index (χ2v) is 11.1. The molecule has 0 saturated heterocycles. The van der Waals surface area contributed by atoms with Gasteiger partial charge < -0.3 is 24.7 Å². The summed E-state index contributed by atoms with van der Waals surface area (Å²) in [6, 6.07) is 12.1. The van der Waals surface area contributed by atoms with Crippen LogP contribution >= 0.6 is 0 Å². The number of aryl methyl sites for hydroxylation is 1. The number of rotatable bonds is 15. The Labute approximate surface area is 239 Å². The SMILES string of the molecule is CCCCNCCCOc1ccc(C(=O)c2c(CCCC)oc3ccc(NS(C)(=O)=O)cc23)cc1.O=C(O)C(=O)O. The zero-order chi connectivity index (χ0) is 30.4. The lowest BCUT2D eigenvalue weighted by molar-refractivity contribution is -0.159. The van der Waals surface area contributed by atoms with Gasteiger partial charge in [0, 0.05) is 23.1 Å². The number of carbonyl (C=O) groups is 3. The molecule has 3 rings (SSSR count). The minimum absolute atomic E-state index is 0.155. The number of carboxylic acid groups (broad SMARTS) is 2. The standard InChI is InChI=1S/C27H36N2O5S.C2H2O4/c1-4-6-9-25-26(23-19-21(29-35(3,31)32)12-15-24(23)34-25)27(30)20-10-13-22(14-11-20)33-18-8-17-28-16-7-5-2;3-1(4)2(5)6/h10-15,19,28-29H,4-9,16-18H2,1-3H3;(H,3,4)(H,5,6). The van der Waals surface area contributed by atoms with Crippen LogP contribution < -0.4 is 14.8 Å². The number of furan rings is 1. The summed E-state index contributed by atoms with van der Waals surface area (Å²) in [5, 5.41) is 18.8. The molecule has 41 heavy (non-hydrogen) atoms. The lowest BCUT2D eigenvalue weighted by Gasteiger charge is -2.08. The van der Waals surface area contributed by atoms with Crippen LogP contribution in [-0.4, -0.2) is 62.3 Å². The van der Waals surface area contributed by atoms with Gasteiger partial charge in [-0.15, -0.1) is 0 Å². The van der Waals surface area contributed by atoms with Crippen molar-refractivity contribution in [1.29, 1.82) is 0 Å². The molecule has 12 heteroatoms. The quantitative estimate of drug-likeness (QED) is 0.110. The maximum absolute atomic E-state index is 13.6. The van der Waals surface area contributed by atoms with Crippen molar-refractivity contribution in [2.45, 2.75) is 52.4 Å². The molecule has 11 nitrogen and oxygen atoms in total. The lowest BCUT2D eigenvalue weighted by atomic mass is 9.98. The number of hydrogen-bond donors (Lipinski definition) is 4. The van der Waals surface area contributed by atoms with Crippen molar-refractivity contribution >= 4 is 44.4 Å². The zero-order valence-electron chi connectivity index (χ0n) is 23.6. The van der Waals surface area contributed by atoms with Gasteiger partial charge in [-0.25, -0.2) is 18.0 Å². The topological polar surface area (TPSA) is 172 Å². The molecule has 0 aliphatic heterocycles. The van der Waals surface area contributed by atoms with E-state index in [-0.39, 0.29) is 5.78 Å². The zero-order valence-corrected chi connectivity index (χ0v) is 24.4. The molecule has 0 unspecified atom stereocenters. The summed E-state index contributed by atoms with van der Waals surface area (Å²) < 4.78 is 37.7. The molecule has 1 aromatic heterocycles. The van der Waals surface area contributed by atoms with Gasteiger partial charge in [-0.05, 0) is 74.8 Å². The van der Waals surface area contributed by atoms with Crippen molar-refractivity contribution in [2.24, 2.45) is 0 Å². The van der Waals surface area contributed by atoms with Gasteiger partial charge in [-0.3, -0.25) is 9.52 Å². The summed E-state index contributed by atoms with van der Waals surface area (Å²) in [5.41, 5.74) is 1.97. The number of aliphatic carboxylic acids is 2. The van der Waals surface area contributed by atoms with E-state index in [2.05, 4.69) is 23.9 Å². The van der Waals surface area contributed by atoms with Crippen molar-refractivity contribution in [2.75, 3.05) is 30.7 Å². The molecule has 0 amide bonds. The largest absolute Gasteiger partial charge is 0.494 e. The number of carboxylic acids is 2. The highest BCUT2D eigenvalue weighted by molar-refractivity contribution is 7.92. The summed E-state index contributed by atoms with van der Waals surface area (Å²) in [4.78, 5) is 31.8. The predicted octanol–water partition coefficient (Wildman–Crippen LogP) is 4.69. The summed E-state index contributed by atoms with van der Waals surface area (Å²) in [7, 11) is -3.44. The first-order valence-corrected chi connectivity index (χ1v) is 15.3. The number of sulfonamides is 1. The number of unbranched alkanes of at least 4 members (excludes halogenated alkanes) is 2. The Hall–Kier alpha value is -3.90. The second kappa shape index (κ2) is 16.4. The van der Waals surface area contributed by atoms with Crippen LogP contribution in [0, 0.1) is 0 Å². The number of ether oxygens (including phenoxy) is 1. The van der Waals surface area contributed by atoms with E-state index in [1.807, 2.05) is 12.1 Å². The Bertz CT molecular complexity index is 1400. The average molecular weight is 591 g/mol. The van der Waals surface area contributed by atoms with Crippen molar-refractivity contribution in [3.63, 3.8) is 0 Å². The van der Waals surface area contributed by atoms with E-state index in [4.69, 9.17) is 29.0 Å². The first-order chi connectivity index (χ1) is 19.5. The molecule has 0 aliphatic carbocycles. The van der Waals surface area contributed by atoms with Crippen molar-refractivity contribution in [3.05, 3.63) is 59.4 Å². The number of fused-ring (bicyclic) bond motifs is 1. The second-order valence-electron chi connectivity index (χ2n) is 9.36. The highest BCUT2D eigenvalue weighted by atomic mass is 32.2. The van der Waals surface area contributed by atoms with Gasteiger partial charge in [-0.2, -0.15) is 0 Å². The van der Waals surface area contributed by atoms with Crippen LogP contribution in [0.4, 0.5) is 5.69 Å². The Morgan fingerprint density at radius 3 is 2.12 bits per heavy atom. The monoisotopic (exact) mass is 590 g/mol. The summed E-state index contributed by atoms with van der Waals surface area (Å²) >= 11 is 0. The maximum atomic E-state index is 13.6. The Kier molecular flexibility index (Phi) is 13.3. The van der Waals surface area contributed by atoms with Gasteiger partial charge in [0.2, 0.25) is 10.0 Å². The summed E-state index contributed by atoms with van der Waals surface area (Å²) in [6.07, 6.45) is 6.85. The number of benzene rings is 2. The Balaban J connectivity index is 0.000000883. The number of hydrogen-bond acceptors (Lipinski definition) is 8. The minimum Gasteiger partial charge on any atom is -0.494 e. The van der Waals surface area contributed by atoms with Crippen LogP contribution in [0.1, 0.15) is 67.6 Å². The highest BCUT2D eigenvalue weighted by Gasteiger charge is 2.22. The molecule has 2 aromatic carbocycles. The third-order valence-electron chi connectivity index (χ3n) is 5.82. The first kappa shape index (κ1) is 33.3. The van der Waals surface area contributed by atoms with E-state index in [9.17, 15) is 13.2 Å². The average Bonchev–Trinajstić information content (AvgIpc) is 3.28.